The smallest absolute Gasteiger partial charge is 0.224 e. The molecule has 0 aliphatic heterocycles. The lowest BCUT2D eigenvalue weighted by Gasteiger charge is -2.11. The quantitative estimate of drug-likeness (QED) is 0.909. The standard InChI is InChI=1S/C17H20N2O.ClH/c1-11(18)5-10-16(20)19-15-9-8-13-7-6-12-3-2-4-14(15)17(12)13;/h2-4,8-9,11H,5-7,10,18H2,1H3,(H,19,20);1H. The molecule has 112 valence electrons. The van der Waals surface area contributed by atoms with E-state index in [1.165, 1.54) is 16.5 Å². The fraction of sp³-hybridized carbons (Fsp3) is 0.353. The predicted molar refractivity (Wildman–Crippen MR) is 90.1 cm³/mol. The summed E-state index contributed by atoms with van der Waals surface area (Å²) < 4.78 is 0. The minimum atomic E-state index is 0. The average Bonchev–Trinajstić information content (AvgIpc) is 2.85. The molecule has 1 aliphatic carbocycles. The molecule has 0 saturated heterocycles. The number of halogens is 1. The van der Waals surface area contributed by atoms with E-state index in [1.54, 1.807) is 0 Å². The molecule has 3 nitrogen and oxygen atoms in total. The van der Waals surface area contributed by atoms with E-state index in [4.69, 9.17) is 5.73 Å². The van der Waals surface area contributed by atoms with Gasteiger partial charge in [0.05, 0.1) is 0 Å². The molecule has 0 spiro atoms. The summed E-state index contributed by atoms with van der Waals surface area (Å²) in [5.41, 5.74) is 9.40. The molecule has 0 saturated carbocycles. The van der Waals surface area contributed by atoms with Gasteiger partial charge in [-0.05, 0) is 48.8 Å². The van der Waals surface area contributed by atoms with E-state index in [2.05, 4.69) is 29.6 Å². The van der Waals surface area contributed by atoms with Gasteiger partial charge in [-0.25, -0.2) is 0 Å². The number of amides is 1. The Bertz CT molecular complexity index is 657. The van der Waals surface area contributed by atoms with Crippen molar-refractivity contribution in [2.75, 3.05) is 5.32 Å². The summed E-state index contributed by atoms with van der Waals surface area (Å²) in [5.74, 6) is 0.0426. The van der Waals surface area contributed by atoms with Gasteiger partial charge in [0.2, 0.25) is 5.91 Å². The van der Waals surface area contributed by atoms with Crippen molar-refractivity contribution in [2.24, 2.45) is 5.73 Å². The third kappa shape index (κ3) is 3.20. The number of benzene rings is 2. The van der Waals surface area contributed by atoms with Gasteiger partial charge in [-0.3, -0.25) is 4.79 Å². The van der Waals surface area contributed by atoms with Crippen molar-refractivity contribution in [3.05, 3.63) is 41.5 Å². The Morgan fingerprint density at radius 2 is 1.95 bits per heavy atom. The number of carbonyl (C=O) groups excluding carboxylic acids is 1. The molecule has 2 aromatic carbocycles. The number of anilines is 1. The van der Waals surface area contributed by atoms with E-state index in [0.29, 0.717) is 12.8 Å². The molecule has 21 heavy (non-hydrogen) atoms. The lowest BCUT2D eigenvalue weighted by Crippen LogP contribution is -2.19. The van der Waals surface area contributed by atoms with Gasteiger partial charge in [-0.2, -0.15) is 0 Å². The molecule has 4 heteroatoms. The fourth-order valence-electron chi connectivity index (χ4n) is 2.93. The molecule has 1 aliphatic rings. The van der Waals surface area contributed by atoms with Crippen LogP contribution < -0.4 is 11.1 Å². The monoisotopic (exact) mass is 304 g/mol. The van der Waals surface area contributed by atoms with Crippen LogP contribution in [-0.2, 0) is 17.6 Å². The zero-order valence-corrected chi connectivity index (χ0v) is 13.0. The molecule has 1 amide bonds. The van der Waals surface area contributed by atoms with Crippen molar-refractivity contribution >= 4 is 34.8 Å². The summed E-state index contributed by atoms with van der Waals surface area (Å²) in [5, 5.41) is 5.52. The summed E-state index contributed by atoms with van der Waals surface area (Å²) in [6, 6.07) is 10.6. The van der Waals surface area contributed by atoms with Crippen LogP contribution in [0.15, 0.2) is 30.3 Å². The molecule has 1 unspecified atom stereocenters. The molecular formula is C17H21ClN2O. The van der Waals surface area contributed by atoms with Crippen LogP contribution in [0.4, 0.5) is 5.69 Å². The van der Waals surface area contributed by atoms with Crippen molar-refractivity contribution < 1.29 is 4.79 Å². The van der Waals surface area contributed by atoms with Gasteiger partial charge in [0, 0.05) is 23.5 Å². The van der Waals surface area contributed by atoms with Gasteiger partial charge in [-0.1, -0.05) is 24.3 Å². The van der Waals surface area contributed by atoms with Gasteiger partial charge in [0.15, 0.2) is 0 Å². The highest BCUT2D eigenvalue weighted by Crippen LogP contribution is 2.34. The van der Waals surface area contributed by atoms with Crippen molar-refractivity contribution in [2.45, 2.75) is 38.6 Å². The zero-order valence-electron chi connectivity index (χ0n) is 12.2. The molecule has 0 radical (unpaired) electrons. The summed E-state index contributed by atoms with van der Waals surface area (Å²) >= 11 is 0. The fourth-order valence-corrected chi connectivity index (χ4v) is 2.93. The maximum absolute atomic E-state index is 12.0. The molecule has 3 rings (SSSR count). The van der Waals surface area contributed by atoms with Gasteiger partial charge in [0.1, 0.15) is 0 Å². The van der Waals surface area contributed by atoms with E-state index < -0.39 is 0 Å². The van der Waals surface area contributed by atoms with Crippen molar-refractivity contribution in [1.29, 1.82) is 0 Å². The summed E-state index contributed by atoms with van der Waals surface area (Å²) in [7, 11) is 0. The molecule has 0 aromatic heterocycles. The molecule has 0 heterocycles. The average molecular weight is 305 g/mol. The minimum absolute atomic E-state index is 0. The first-order chi connectivity index (χ1) is 9.65. The van der Waals surface area contributed by atoms with Crippen molar-refractivity contribution in [3.63, 3.8) is 0 Å². The van der Waals surface area contributed by atoms with E-state index >= 15 is 0 Å². The molecule has 2 aromatic rings. The second-order valence-corrected chi connectivity index (χ2v) is 5.68. The van der Waals surface area contributed by atoms with Gasteiger partial charge < -0.3 is 11.1 Å². The first-order valence-corrected chi connectivity index (χ1v) is 7.24. The number of carbonyl (C=O) groups is 1. The number of nitrogens with two attached hydrogens (primary N) is 1. The maximum Gasteiger partial charge on any atom is 0.224 e. The lowest BCUT2D eigenvalue weighted by molar-refractivity contribution is -0.116. The molecule has 0 bridgehead atoms. The summed E-state index contributed by atoms with van der Waals surface area (Å²) in [6.07, 6.45) is 3.40. The highest BCUT2D eigenvalue weighted by atomic mass is 35.5. The highest BCUT2D eigenvalue weighted by molar-refractivity contribution is 6.05. The third-order valence-corrected chi connectivity index (χ3v) is 3.98. The summed E-state index contributed by atoms with van der Waals surface area (Å²) in [4.78, 5) is 12.0. The van der Waals surface area contributed by atoms with Crippen LogP contribution in [0.2, 0.25) is 0 Å². The van der Waals surface area contributed by atoms with Gasteiger partial charge in [0.25, 0.3) is 0 Å². The molecule has 0 fully saturated rings. The van der Waals surface area contributed by atoms with Crippen LogP contribution in [-0.4, -0.2) is 11.9 Å². The Morgan fingerprint density at radius 3 is 2.67 bits per heavy atom. The maximum atomic E-state index is 12.0. The first kappa shape index (κ1) is 15.8. The second kappa shape index (κ2) is 6.46. The molecule has 3 N–H and O–H groups in total. The highest BCUT2D eigenvalue weighted by Gasteiger charge is 2.16. The van der Waals surface area contributed by atoms with Crippen LogP contribution in [0.5, 0.6) is 0 Å². The Kier molecular flexibility index (Phi) is 4.86. The minimum Gasteiger partial charge on any atom is -0.328 e. The molecule has 1 atom stereocenters. The van der Waals surface area contributed by atoms with E-state index in [9.17, 15) is 4.79 Å². The number of aryl methyl sites for hydroxylation is 2. The van der Waals surface area contributed by atoms with Crippen LogP contribution >= 0.6 is 12.4 Å². The van der Waals surface area contributed by atoms with Crippen LogP contribution in [0.1, 0.15) is 30.9 Å². The lowest BCUT2D eigenvalue weighted by atomic mass is 10.0. The van der Waals surface area contributed by atoms with E-state index in [0.717, 1.165) is 23.9 Å². The van der Waals surface area contributed by atoms with Crippen LogP contribution in [0.25, 0.3) is 10.8 Å². The van der Waals surface area contributed by atoms with E-state index in [1.807, 2.05) is 13.0 Å². The first-order valence-electron chi connectivity index (χ1n) is 7.24. The topological polar surface area (TPSA) is 55.1 Å². The van der Waals surface area contributed by atoms with Crippen molar-refractivity contribution in [1.82, 2.24) is 0 Å². The van der Waals surface area contributed by atoms with E-state index in [-0.39, 0.29) is 24.4 Å². The summed E-state index contributed by atoms with van der Waals surface area (Å²) in [6.45, 7) is 1.92. The zero-order chi connectivity index (χ0) is 14.1. The number of rotatable bonds is 4. The Hall–Kier alpha value is -1.58. The number of hydrogen-bond donors (Lipinski definition) is 2. The number of nitrogens with one attached hydrogen (secondary N) is 1. The van der Waals surface area contributed by atoms with Gasteiger partial charge in [-0.15, -0.1) is 12.4 Å². The normalized spacial score (nSPS) is 13.8. The Balaban J connectivity index is 0.00000161. The van der Waals surface area contributed by atoms with Crippen molar-refractivity contribution in [3.8, 4) is 0 Å². The second-order valence-electron chi connectivity index (χ2n) is 5.68. The predicted octanol–water partition coefficient (Wildman–Crippen LogP) is 3.43. The molecular weight excluding hydrogens is 284 g/mol. The number of hydrogen-bond acceptors (Lipinski definition) is 2. The van der Waals surface area contributed by atoms with Crippen LogP contribution in [0, 0.1) is 0 Å². The Labute approximate surface area is 131 Å². The van der Waals surface area contributed by atoms with Crippen LogP contribution in [0.3, 0.4) is 0 Å². The third-order valence-electron chi connectivity index (χ3n) is 3.98. The van der Waals surface area contributed by atoms with Gasteiger partial charge >= 0.3 is 0 Å². The SMILES string of the molecule is CC(N)CCC(=O)Nc1ccc2c3c(cccc13)CC2.Cl. The Morgan fingerprint density at radius 1 is 1.24 bits per heavy atom. The largest absolute Gasteiger partial charge is 0.328 e.